The van der Waals surface area contributed by atoms with E-state index in [4.69, 9.17) is 5.11 Å². The molecule has 0 bridgehead atoms. The van der Waals surface area contributed by atoms with E-state index in [-0.39, 0.29) is 16.1 Å². The number of rotatable bonds is 4. The van der Waals surface area contributed by atoms with Crippen molar-refractivity contribution in [3.05, 3.63) is 28.2 Å². The highest BCUT2D eigenvalue weighted by Gasteiger charge is 2.38. The van der Waals surface area contributed by atoms with Gasteiger partial charge in [-0.1, -0.05) is 0 Å². The number of aromatic carboxylic acids is 1. The van der Waals surface area contributed by atoms with Gasteiger partial charge in [0.15, 0.2) is 0 Å². The van der Waals surface area contributed by atoms with Crippen molar-refractivity contribution in [2.45, 2.75) is 25.1 Å². The minimum Gasteiger partial charge on any atom is -0.478 e. The fraction of sp³-hybridized carbons (Fsp3) is 0.417. The minimum absolute atomic E-state index is 0.0338. The zero-order valence-corrected chi connectivity index (χ0v) is 11.3. The smallest absolute Gasteiger partial charge is 0.405 e. The molecule has 1 aromatic carbocycles. The van der Waals surface area contributed by atoms with Crippen LogP contribution in [0.15, 0.2) is 22.7 Å². The normalized spacial score (nSPS) is 15.4. The summed E-state index contributed by atoms with van der Waals surface area (Å²) in [5.74, 6) is -1.12. The van der Waals surface area contributed by atoms with Gasteiger partial charge < -0.3 is 10.0 Å². The average Bonchev–Trinajstić information content (AvgIpc) is 3.07. The van der Waals surface area contributed by atoms with Crippen molar-refractivity contribution in [2.75, 3.05) is 11.4 Å². The van der Waals surface area contributed by atoms with Crippen molar-refractivity contribution in [1.29, 1.82) is 0 Å². The molecule has 0 saturated heterocycles. The molecule has 0 unspecified atom stereocenters. The molecule has 104 valence electrons. The molecule has 2 rings (SSSR count). The van der Waals surface area contributed by atoms with Crippen LogP contribution in [-0.4, -0.2) is 29.8 Å². The van der Waals surface area contributed by atoms with Crippen LogP contribution in [0.1, 0.15) is 23.2 Å². The van der Waals surface area contributed by atoms with Crippen LogP contribution >= 0.6 is 15.9 Å². The number of benzene rings is 1. The number of anilines is 1. The second-order valence-electron chi connectivity index (χ2n) is 4.44. The van der Waals surface area contributed by atoms with Gasteiger partial charge >= 0.3 is 12.1 Å². The van der Waals surface area contributed by atoms with Gasteiger partial charge in [-0.25, -0.2) is 4.79 Å². The van der Waals surface area contributed by atoms with E-state index in [0.29, 0.717) is 5.69 Å². The molecule has 1 N–H and O–H groups in total. The second-order valence-corrected chi connectivity index (χ2v) is 5.30. The molecule has 0 radical (unpaired) electrons. The number of hydrogen-bond acceptors (Lipinski definition) is 2. The Morgan fingerprint density at radius 2 is 2.05 bits per heavy atom. The number of nitrogens with zero attached hydrogens (tertiary/aromatic N) is 1. The number of alkyl halides is 3. The Morgan fingerprint density at radius 3 is 2.47 bits per heavy atom. The van der Waals surface area contributed by atoms with Crippen LogP contribution in [0.3, 0.4) is 0 Å². The second kappa shape index (κ2) is 5.03. The molecular weight excluding hydrogens is 327 g/mol. The lowest BCUT2D eigenvalue weighted by Gasteiger charge is -2.26. The SMILES string of the molecule is O=C(O)c1ccc(N(CC(F)(F)F)C2CC2)cc1Br. The molecule has 7 heteroatoms. The van der Waals surface area contributed by atoms with Crippen LogP contribution in [0.4, 0.5) is 18.9 Å². The van der Waals surface area contributed by atoms with Crippen LogP contribution < -0.4 is 4.90 Å². The lowest BCUT2D eigenvalue weighted by atomic mass is 10.2. The maximum atomic E-state index is 12.5. The zero-order chi connectivity index (χ0) is 14.2. The van der Waals surface area contributed by atoms with Crippen molar-refractivity contribution >= 4 is 27.6 Å². The van der Waals surface area contributed by atoms with E-state index in [9.17, 15) is 18.0 Å². The molecule has 1 aliphatic carbocycles. The van der Waals surface area contributed by atoms with E-state index >= 15 is 0 Å². The molecule has 3 nitrogen and oxygen atoms in total. The summed E-state index contributed by atoms with van der Waals surface area (Å²) < 4.78 is 37.9. The number of hydrogen-bond donors (Lipinski definition) is 1. The Bertz CT molecular complexity index is 500. The Morgan fingerprint density at radius 1 is 1.42 bits per heavy atom. The highest BCUT2D eigenvalue weighted by atomic mass is 79.9. The summed E-state index contributed by atoms with van der Waals surface area (Å²) in [6, 6.07) is 4.04. The third-order valence-corrected chi connectivity index (χ3v) is 3.51. The molecule has 1 fully saturated rings. The third kappa shape index (κ3) is 3.62. The van der Waals surface area contributed by atoms with Gasteiger partial charge in [-0.15, -0.1) is 0 Å². The summed E-state index contributed by atoms with van der Waals surface area (Å²) in [4.78, 5) is 12.1. The van der Waals surface area contributed by atoms with E-state index in [1.165, 1.54) is 23.1 Å². The number of carboxylic acid groups (broad SMARTS) is 1. The topological polar surface area (TPSA) is 40.5 Å². The van der Waals surface area contributed by atoms with Gasteiger partial charge in [0.05, 0.1) is 5.56 Å². The van der Waals surface area contributed by atoms with Crippen molar-refractivity contribution in [3.63, 3.8) is 0 Å². The standard InChI is InChI=1S/C12H11BrF3NO2/c13-10-5-8(3-4-9(10)11(18)19)17(7-1-2-7)6-12(14,15)16/h3-5,7H,1-2,6H2,(H,18,19). The van der Waals surface area contributed by atoms with Gasteiger partial charge in [0, 0.05) is 16.2 Å². The molecule has 0 aliphatic heterocycles. The molecule has 19 heavy (non-hydrogen) atoms. The predicted octanol–water partition coefficient (Wildman–Crippen LogP) is 3.68. The molecule has 0 spiro atoms. The van der Waals surface area contributed by atoms with Gasteiger partial charge in [0.2, 0.25) is 0 Å². The zero-order valence-electron chi connectivity index (χ0n) is 9.75. The van der Waals surface area contributed by atoms with Crippen LogP contribution in [0.5, 0.6) is 0 Å². The molecule has 1 aliphatic rings. The van der Waals surface area contributed by atoms with Crippen molar-refractivity contribution in [2.24, 2.45) is 0 Å². The Balaban J connectivity index is 2.27. The maximum absolute atomic E-state index is 12.5. The first-order chi connectivity index (χ1) is 8.78. The average molecular weight is 338 g/mol. The summed E-state index contributed by atoms with van der Waals surface area (Å²) in [7, 11) is 0. The minimum atomic E-state index is -4.28. The predicted molar refractivity (Wildman–Crippen MR) is 67.5 cm³/mol. The van der Waals surface area contributed by atoms with Crippen molar-refractivity contribution in [3.8, 4) is 0 Å². The fourth-order valence-electron chi connectivity index (χ4n) is 1.87. The van der Waals surface area contributed by atoms with E-state index in [1.807, 2.05) is 0 Å². The number of halogens is 4. The molecule has 1 saturated carbocycles. The molecule has 1 aromatic rings. The first kappa shape index (κ1) is 14.2. The van der Waals surface area contributed by atoms with Crippen LogP contribution in [-0.2, 0) is 0 Å². The van der Waals surface area contributed by atoms with Gasteiger partial charge in [0.25, 0.3) is 0 Å². The van der Waals surface area contributed by atoms with Crippen LogP contribution in [0, 0.1) is 0 Å². The maximum Gasteiger partial charge on any atom is 0.405 e. The van der Waals surface area contributed by atoms with E-state index < -0.39 is 18.7 Å². The highest BCUT2D eigenvalue weighted by Crippen LogP contribution is 2.36. The first-order valence-corrected chi connectivity index (χ1v) is 6.43. The van der Waals surface area contributed by atoms with Gasteiger partial charge in [0.1, 0.15) is 6.54 Å². The highest BCUT2D eigenvalue weighted by molar-refractivity contribution is 9.10. The monoisotopic (exact) mass is 337 g/mol. The van der Waals surface area contributed by atoms with Crippen LogP contribution in [0.2, 0.25) is 0 Å². The van der Waals surface area contributed by atoms with Gasteiger partial charge in [-0.2, -0.15) is 13.2 Å². The Labute approximate surface area is 116 Å². The van der Waals surface area contributed by atoms with Crippen molar-refractivity contribution in [1.82, 2.24) is 0 Å². The lowest BCUT2D eigenvalue weighted by Crippen LogP contribution is -2.36. The summed E-state index contributed by atoms with van der Waals surface area (Å²) in [5.41, 5.74) is 0.420. The largest absolute Gasteiger partial charge is 0.478 e. The van der Waals surface area contributed by atoms with Crippen LogP contribution in [0.25, 0.3) is 0 Å². The Kier molecular flexibility index (Phi) is 3.75. The summed E-state index contributed by atoms with van der Waals surface area (Å²) in [6.07, 6.45) is -2.82. The molecule has 0 amide bonds. The first-order valence-electron chi connectivity index (χ1n) is 5.64. The third-order valence-electron chi connectivity index (χ3n) is 2.85. The number of carboxylic acids is 1. The van der Waals surface area contributed by atoms with Gasteiger partial charge in [-0.05, 0) is 47.0 Å². The quantitative estimate of drug-likeness (QED) is 0.911. The van der Waals surface area contributed by atoms with Crippen molar-refractivity contribution < 1.29 is 23.1 Å². The summed E-state index contributed by atoms with van der Waals surface area (Å²) >= 11 is 3.08. The molecular formula is C12H11BrF3NO2. The summed E-state index contributed by atoms with van der Waals surface area (Å²) in [6.45, 7) is -1.02. The fourth-order valence-corrected chi connectivity index (χ4v) is 2.40. The number of carbonyl (C=O) groups is 1. The Hall–Kier alpha value is -1.24. The van der Waals surface area contributed by atoms with E-state index in [0.717, 1.165) is 12.8 Å². The molecule has 0 atom stereocenters. The molecule has 0 heterocycles. The summed E-state index contributed by atoms with van der Waals surface area (Å²) in [5, 5.41) is 8.88. The van der Waals surface area contributed by atoms with E-state index in [2.05, 4.69) is 15.9 Å². The van der Waals surface area contributed by atoms with Gasteiger partial charge in [-0.3, -0.25) is 0 Å². The van der Waals surface area contributed by atoms with E-state index in [1.54, 1.807) is 0 Å². The lowest BCUT2D eigenvalue weighted by molar-refractivity contribution is -0.120. The molecule has 0 aromatic heterocycles.